The number of hydrogen-bond acceptors (Lipinski definition) is 9. The van der Waals surface area contributed by atoms with Crippen LogP contribution in [0.25, 0.3) is 6.08 Å². The molecule has 3 aromatic carbocycles. The maximum Gasteiger partial charge on any atom is 0.327 e. The van der Waals surface area contributed by atoms with Gasteiger partial charge in [0.25, 0.3) is 0 Å². The Labute approximate surface area is 284 Å². The molecular weight excluding hydrogens is 624 g/mol. The summed E-state index contributed by atoms with van der Waals surface area (Å²) in [6.07, 6.45) is 5.79. The molecule has 2 saturated carbocycles. The van der Waals surface area contributed by atoms with Crippen LogP contribution in [0.1, 0.15) is 47.9 Å². The van der Waals surface area contributed by atoms with Crippen LogP contribution in [0.2, 0.25) is 0 Å². The Hall–Kier alpha value is -3.90. The largest absolute Gasteiger partial charge is 0.458 e. The first-order valence-corrected chi connectivity index (χ1v) is 17.4. The van der Waals surface area contributed by atoms with Gasteiger partial charge in [0, 0.05) is 24.1 Å². The second-order valence-electron chi connectivity index (χ2n) is 14.1. The number of esters is 1. The molecule has 4 aliphatic heterocycles. The maximum absolute atomic E-state index is 14.2. The number of amides is 1. The first kappa shape index (κ1) is 31.1. The molecule has 10 heteroatoms. The Balaban J connectivity index is 1.06. The van der Waals surface area contributed by atoms with Crippen molar-refractivity contribution in [3.05, 3.63) is 113 Å². The Bertz CT molecular complexity index is 1710. The van der Waals surface area contributed by atoms with Crippen LogP contribution in [0.15, 0.2) is 91.0 Å². The number of aliphatic hydroxyl groups is 1. The first-order valence-electron chi connectivity index (χ1n) is 17.4. The quantitative estimate of drug-likeness (QED) is 0.260. The van der Waals surface area contributed by atoms with E-state index < -0.39 is 47.6 Å². The van der Waals surface area contributed by atoms with Crippen molar-refractivity contribution >= 4 is 18.0 Å². The number of epoxide rings is 1. The van der Waals surface area contributed by atoms with Crippen molar-refractivity contribution in [3.63, 3.8) is 0 Å². The molecule has 254 valence electrons. The van der Waals surface area contributed by atoms with Crippen LogP contribution in [0.3, 0.4) is 0 Å². The molecule has 2 bridgehead atoms. The van der Waals surface area contributed by atoms with Crippen molar-refractivity contribution in [3.8, 4) is 0 Å². The molecule has 0 aromatic heterocycles. The van der Waals surface area contributed by atoms with E-state index in [0.717, 1.165) is 41.5 Å². The van der Waals surface area contributed by atoms with E-state index >= 15 is 0 Å². The number of carbonyl (C=O) groups excluding carboxylic acids is 2. The van der Waals surface area contributed by atoms with Gasteiger partial charge in [-0.15, -0.1) is 0 Å². The standard InChI is InChI=1S/C39H40N2O8/c42-19-18-40-37(44)38-22-31-32-33(48-39(47-32,27-10-3-1-4-11-27)28-12-5-2-6-13-28)35(38)49-41(34(38)36(43)46-31)23-26-9-7-8-24(20-26)14-15-25-16-17-29-30(21-25)45-29/h1-15,20,25,29-35,42H,16-19,21-23H2,(H,40,44)/t25?,29?,30?,31-,32+,33+,34+,35-,38+/m1/s1. The van der Waals surface area contributed by atoms with E-state index in [9.17, 15) is 14.7 Å². The molecule has 2 aliphatic carbocycles. The lowest BCUT2D eigenvalue weighted by Crippen LogP contribution is -2.69. The summed E-state index contributed by atoms with van der Waals surface area (Å²) < 4.78 is 25.7. The van der Waals surface area contributed by atoms with Crippen LogP contribution in [0, 0.1) is 11.3 Å². The number of rotatable bonds is 9. The van der Waals surface area contributed by atoms with Crippen molar-refractivity contribution in [1.29, 1.82) is 0 Å². The van der Waals surface area contributed by atoms with E-state index in [1.54, 1.807) is 5.06 Å². The van der Waals surface area contributed by atoms with Crippen molar-refractivity contribution in [2.45, 2.75) is 80.7 Å². The zero-order chi connectivity index (χ0) is 33.2. The van der Waals surface area contributed by atoms with E-state index in [1.165, 1.54) is 0 Å². The SMILES string of the molecule is O=C1O[C@@H]2C[C@@]3(C(=O)NCCO)[C@H](ON(Cc4cccc(C=CC5CCC6OC6C5)c4)[C@@H]13)[C@H]1OC(c3ccccc3)(c3ccccc3)O[C@H]12. The third-order valence-corrected chi connectivity index (χ3v) is 11.2. The topological polar surface area (TPSA) is 119 Å². The average Bonchev–Trinajstić information content (AvgIpc) is 3.65. The zero-order valence-electron chi connectivity index (χ0n) is 27.1. The number of hydrogen-bond donors (Lipinski definition) is 2. The number of ether oxygens (including phenoxy) is 4. The molecule has 4 heterocycles. The number of nitrogens with one attached hydrogen (secondary N) is 1. The minimum absolute atomic E-state index is 0.0477. The Kier molecular flexibility index (Phi) is 7.72. The molecule has 1 amide bonds. The van der Waals surface area contributed by atoms with Crippen LogP contribution < -0.4 is 5.32 Å². The molecule has 0 radical (unpaired) electrons. The third kappa shape index (κ3) is 5.16. The molecule has 49 heavy (non-hydrogen) atoms. The number of aliphatic hydroxyl groups excluding tert-OH is 1. The van der Waals surface area contributed by atoms with Gasteiger partial charge in [-0.3, -0.25) is 14.4 Å². The van der Waals surface area contributed by atoms with Gasteiger partial charge in [0.15, 0.2) is 6.04 Å². The Morgan fingerprint density at radius 1 is 0.918 bits per heavy atom. The summed E-state index contributed by atoms with van der Waals surface area (Å²) in [5, 5.41) is 14.1. The summed E-state index contributed by atoms with van der Waals surface area (Å²) in [5.74, 6) is -1.72. The predicted molar refractivity (Wildman–Crippen MR) is 176 cm³/mol. The third-order valence-electron chi connectivity index (χ3n) is 11.2. The van der Waals surface area contributed by atoms with E-state index in [4.69, 9.17) is 23.8 Å². The minimum atomic E-state index is -1.33. The normalized spacial score (nSPS) is 35.4. The van der Waals surface area contributed by atoms with Crippen molar-refractivity contribution in [1.82, 2.24) is 10.4 Å². The lowest BCUT2D eigenvalue weighted by atomic mass is 9.62. The number of carbonyl (C=O) groups is 2. The van der Waals surface area contributed by atoms with Crippen molar-refractivity contribution in [2.24, 2.45) is 11.3 Å². The smallest absolute Gasteiger partial charge is 0.327 e. The number of hydroxylamine groups is 2. The molecule has 0 spiro atoms. The molecule has 3 unspecified atom stereocenters. The molecule has 4 saturated heterocycles. The summed E-state index contributed by atoms with van der Waals surface area (Å²) in [5.41, 5.74) is 2.22. The van der Waals surface area contributed by atoms with Crippen LogP contribution in [0.5, 0.6) is 0 Å². The van der Waals surface area contributed by atoms with E-state index in [1.807, 2.05) is 72.8 Å². The van der Waals surface area contributed by atoms with Gasteiger partial charge < -0.3 is 29.4 Å². The monoisotopic (exact) mass is 664 g/mol. The molecule has 3 aromatic rings. The fourth-order valence-electron chi connectivity index (χ4n) is 8.85. The first-order chi connectivity index (χ1) is 24.0. The maximum atomic E-state index is 14.2. The molecule has 2 N–H and O–H groups in total. The second-order valence-corrected chi connectivity index (χ2v) is 14.1. The van der Waals surface area contributed by atoms with Crippen LogP contribution in [-0.4, -0.2) is 77.9 Å². The molecular formula is C39H40N2O8. The number of benzene rings is 3. The highest BCUT2D eigenvalue weighted by Crippen LogP contribution is 2.59. The molecule has 6 aliphatic rings. The van der Waals surface area contributed by atoms with Gasteiger partial charge in [0.1, 0.15) is 29.8 Å². The van der Waals surface area contributed by atoms with Crippen LogP contribution >= 0.6 is 0 Å². The molecule has 9 atom stereocenters. The highest BCUT2D eigenvalue weighted by atomic mass is 16.8. The minimum Gasteiger partial charge on any atom is -0.458 e. The summed E-state index contributed by atoms with van der Waals surface area (Å²) in [6, 6.07) is 26.5. The van der Waals surface area contributed by atoms with E-state index in [2.05, 4.69) is 29.6 Å². The van der Waals surface area contributed by atoms with Gasteiger partial charge in [-0.05, 0) is 36.3 Å². The van der Waals surface area contributed by atoms with Crippen LogP contribution in [0.4, 0.5) is 0 Å². The Morgan fingerprint density at radius 2 is 1.67 bits per heavy atom. The number of fused-ring (bicyclic) bond motifs is 5. The highest BCUT2D eigenvalue weighted by Gasteiger charge is 2.76. The van der Waals surface area contributed by atoms with E-state index in [0.29, 0.717) is 18.1 Å². The number of allylic oxidation sites excluding steroid dienone is 1. The van der Waals surface area contributed by atoms with Gasteiger partial charge in [-0.1, -0.05) is 97.1 Å². The van der Waals surface area contributed by atoms with Crippen LogP contribution in [-0.2, 0) is 45.7 Å². The summed E-state index contributed by atoms with van der Waals surface area (Å²) in [4.78, 5) is 35.0. The van der Waals surface area contributed by atoms with Gasteiger partial charge >= 0.3 is 5.97 Å². The van der Waals surface area contributed by atoms with Crippen molar-refractivity contribution in [2.75, 3.05) is 13.2 Å². The van der Waals surface area contributed by atoms with E-state index in [-0.39, 0.29) is 32.0 Å². The van der Waals surface area contributed by atoms with Gasteiger partial charge in [0.2, 0.25) is 11.7 Å². The number of nitrogens with zero attached hydrogens (tertiary/aromatic N) is 1. The molecule has 6 fully saturated rings. The van der Waals surface area contributed by atoms with Gasteiger partial charge in [0.05, 0.1) is 25.4 Å². The van der Waals surface area contributed by atoms with Gasteiger partial charge in [-0.2, -0.15) is 5.06 Å². The summed E-state index contributed by atoms with van der Waals surface area (Å²) in [6.45, 7) is 0.0628. The highest BCUT2D eigenvalue weighted by molar-refractivity contribution is 5.93. The fraction of sp³-hybridized carbons (Fsp3) is 0.436. The predicted octanol–water partition coefficient (Wildman–Crippen LogP) is 3.86. The average molecular weight is 665 g/mol. The van der Waals surface area contributed by atoms with Crippen molar-refractivity contribution < 1.29 is 38.5 Å². The molecule has 10 nitrogen and oxygen atoms in total. The summed E-state index contributed by atoms with van der Waals surface area (Å²) in [7, 11) is 0. The molecule has 9 rings (SSSR count). The van der Waals surface area contributed by atoms with Gasteiger partial charge in [-0.25, -0.2) is 0 Å². The zero-order valence-corrected chi connectivity index (χ0v) is 27.1. The Morgan fingerprint density at radius 3 is 2.41 bits per heavy atom. The lowest BCUT2D eigenvalue weighted by molar-refractivity contribution is -0.213. The fourth-order valence-corrected chi connectivity index (χ4v) is 8.85. The second kappa shape index (κ2) is 12.2. The lowest BCUT2D eigenvalue weighted by Gasteiger charge is -2.48. The summed E-state index contributed by atoms with van der Waals surface area (Å²) >= 11 is 0.